The van der Waals surface area contributed by atoms with Gasteiger partial charge in [-0.2, -0.15) is 0 Å². The minimum absolute atomic E-state index is 0.0104. The van der Waals surface area contributed by atoms with E-state index in [1.807, 2.05) is 0 Å². The molecule has 0 aliphatic carbocycles. The third-order valence-corrected chi connectivity index (χ3v) is 6.89. The van der Waals surface area contributed by atoms with Gasteiger partial charge in [0.25, 0.3) is 15.9 Å². The Hall–Kier alpha value is -3.60. The number of ether oxygens (including phenoxy) is 1. The maximum absolute atomic E-state index is 12.9. The van der Waals surface area contributed by atoms with Crippen molar-refractivity contribution in [2.24, 2.45) is 5.92 Å². The number of benzene rings is 2. The van der Waals surface area contributed by atoms with Gasteiger partial charge in [-0.3, -0.25) is 14.3 Å². The van der Waals surface area contributed by atoms with Crippen molar-refractivity contribution in [3.63, 3.8) is 0 Å². The number of hydrogen-bond donors (Lipinski definition) is 3. The molecule has 1 aromatic heterocycles. The molecule has 0 spiro atoms. The van der Waals surface area contributed by atoms with Gasteiger partial charge < -0.3 is 19.6 Å². The first kappa shape index (κ1) is 22.6. The highest BCUT2D eigenvalue weighted by Gasteiger charge is 2.29. The van der Waals surface area contributed by atoms with Crippen molar-refractivity contribution in [2.45, 2.75) is 24.7 Å². The van der Waals surface area contributed by atoms with Crippen LogP contribution < -0.4 is 10.4 Å². The third-order valence-electron chi connectivity index (χ3n) is 5.51. The number of anilines is 1. The van der Waals surface area contributed by atoms with Crippen LogP contribution in [0.25, 0.3) is 11.0 Å². The standard InChI is InChI=1S/C22H24N4O6S/c1-2-32-21(28)15-4-3-11-26(13-15)20(27)14-5-7-16(8-6-14)25-33(30,31)17-9-10-18-19(12-17)24-22(29)23-18/h5-10,12,15,25H,2-4,11,13H2,1H3,(H2,23,24,29)/t15-/m0/s1. The number of amides is 1. The minimum atomic E-state index is -3.90. The van der Waals surface area contributed by atoms with Gasteiger partial charge in [-0.15, -0.1) is 0 Å². The van der Waals surface area contributed by atoms with Crippen LogP contribution in [0.4, 0.5) is 5.69 Å². The molecule has 174 valence electrons. The fourth-order valence-electron chi connectivity index (χ4n) is 3.87. The summed E-state index contributed by atoms with van der Waals surface area (Å²) in [6.07, 6.45) is 1.40. The molecule has 1 amide bonds. The lowest BCUT2D eigenvalue weighted by atomic mass is 9.97. The van der Waals surface area contributed by atoms with Crippen molar-refractivity contribution in [3.05, 3.63) is 58.5 Å². The Morgan fingerprint density at radius 3 is 2.58 bits per heavy atom. The number of carbonyl (C=O) groups excluding carboxylic acids is 2. The quantitative estimate of drug-likeness (QED) is 0.469. The second-order valence-corrected chi connectivity index (χ2v) is 9.49. The molecule has 0 unspecified atom stereocenters. The van der Waals surface area contributed by atoms with E-state index in [1.54, 1.807) is 24.0 Å². The van der Waals surface area contributed by atoms with E-state index in [-0.39, 0.29) is 28.4 Å². The fourth-order valence-corrected chi connectivity index (χ4v) is 4.95. The zero-order valence-electron chi connectivity index (χ0n) is 18.0. The minimum Gasteiger partial charge on any atom is -0.466 e. The molecule has 0 bridgehead atoms. The van der Waals surface area contributed by atoms with Crippen molar-refractivity contribution in [1.29, 1.82) is 0 Å². The van der Waals surface area contributed by atoms with Gasteiger partial charge in [0, 0.05) is 24.3 Å². The summed E-state index contributed by atoms with van der Waals surface area (Å²) in [4.78, 5) is 43.0. The maximum atomic E-state index is 12.9. The highest BCUT2D eigenvalue weighted by molar-refractivity contribution is 7.92. The zero-order valence-corrected chi connectivity index (χ0v) is 18.8. The number of aromatic amines is 2. The summed E-state index contributed by atoms with van der Waals surface area (Å²) < 4.78 is 33.0. The van der Waals surface area contributed by atoms with E-state index in [2.05, 4.69) is 14.7 Å². The molecule has 1 aliphatic heterocycles. The second-order valence-electron chi connectivity index (χ2n) is 7.81. The van der Waals surface area contributed by atoms with Gasteiger partial charge in [-0.05, 0) is 62.2 Å². The molecule has 2 heterocycles. The number of likely N-dealkylation sites (tertiary alicyclic amines) is 1. The van der Waals surface area contributed by atoms with E-state index < -0.39 is 15.7 Å². The van der Waals surface area contributed by atoms with Crippen LogP contribution in [0.3, 0.4) is 0 Å². The normalized spacial score (nSPS) is 16.5. The fraction of sp³-hybridized carbons (Fsp3) is 0.318. The number of imidazole rings is 1. The van der Waals surface area contributed by atoms with E-state index in [0.29, 0.717) is 49.1 Å². The summed E-state index contributed by atoms with van der Waals surface area (Å²) >= 11 is 0. The van der Waals surface area contributed by atoms with Crippen molar-refractivity contribution >= 4 is 38.6 Å². The van der Waals surface area contributed by atoms with Crippen molar-refractivity contribution in [1.82, 2.24) is 14.9 Å². The van der Waals surface area contributed by atoms with Crippen molar-refractivity contribution in [2.75, 3.05) is 24.4 Å². The number of piperidine rings is 1. The largest absolute Gasteiger partial charge is 0.466 e. The van der Waals surface area contributed by atoms with Gasteiger partial charge in [-0.25, -0.2) is 13.2 Å². The highest BCUT2D eigenvalue weighted by atomic mass is 32.2. The zero-order chi connectivity index (χ0) is 23.6. The van der Waals surface area contributed by atoms with Gasteiger partial charge >= 0.3 is 11.7 Å². The SMILES string of the molecule is CCOC(=O)[C@H]1CCCN(C(=O)c2ccc(NS(=O)(=O)c3ccc4[nH]c(=O)[nH]c4c3)cc2)C1. The summed E-state index contributed by atoms with van der Waals surface area (Å²) in [5.74, 6) is -0.844. The number of fused-ring (bicyclic) bond motifs is 1. The first-order chi connectivity index (χ1) is 15.8. The predicted octanol–water partition coefficient (Wildman–Crippen LogP) is 2.07. The molecular weight excluding hydrogens is 448 g/mol. The van der Waals surface area contributed by atoms with Crippen LogP contribution in [0.15, 0.2) is 52.2 Å². The maximum Gasteiger partial charge on any atom is 0.323 e. The molecule has 0 saturated carbocycles. The molecule has 4 rings (SSSR count). The lowest BCUT2D eigenvalue weighted by Gasteiger charge is -2.31. The molecule has 1 aliphatic rings. The Balaban J connectivity index is 1.45. The molecule has 2 aromatic carbocycles. The molecule has 3 N–H and O–H groups in total. The number of sulfonamides is 1. The van der Waals surface area contributed by atoms with Crippen LogP contribution in [0.1, 0.15) is 30.1 Å². The number of rotatable bonds is 6. The summed E-state index contributed by atoms with van der Waals surface area (Å²) in [5, 5.41) is 0. The van der Waals surface area contributed by atoms with Crippen LogP contribution in [0.2, 0.25) is 0 Å². The highest BCUT2D eigenvalue weighted by Crippen LogP contribution is 2.22. The number of nitrogens with zero attached hydrogens (tertiary/aromatic N) is 1. The molecule has 11 heteroatoms. The van der Waals surface area contributed by atoms with E-state index in [1.165, 1.54) is 30.3 Å². The molecular formula is C22H24N4O6S. The summed E-state index contributed by atoms with van der Waals surface area (Å²) in [5.41, 5.74) is 1.15. The number of carbonyl (C=O) groups is 2. The topological polar surface area (TPSA) is 141 Å². The van der Waals surface area contributed by atoms with Crippen LogP contribution in [-0.2, 0) is 19.6 Å². The lowest BCUT2D eigenvalue weighted by molar-refractivity contribution is -0.149. The molecule has 1 atom stereocenters. The molecule has 33 heavy (non-hydrogen) atoms. The average molecular weight is 473 g/mol. The molecule has 0 radical (unpaired) electrons. The van der Waals surface area contributed by atoms with Crippen LogP contribution >= 0.6 is 0 Å². The molecule has 1 fully saturated rings. The van der Waals surface area contributed by atoms with Gasteiger partial charge in [0.15, 0.2) is 0 Å². The Bertz CT molecular complexity index is 1340. The van der Waals surface area contributed by atoms with Gasteiger partial charge in [-0.1, -0.05) is 0 Å². The van der Waals surface area contributed by atoms with Gasteiger partial charge in [0.05, 0.1) is 28.5 Å². The predicted molar refractivity (Wildman–Crippen MR) is 121 cm³/mol. The molecule has 3 aromatic rings. The first-order valence-electron chi connectivity index (χ1n) is 10.6. The van der Waals surface area contributed by atoms with Crippen molar-refractivity contribution in [3.8, 4) is 0 Å². The molecule has 1 saturated heterocycles. The number of hydrogen-bond acceptors (Lipinski definition) is 6. The first-order valence-corrected chi connectivity index (χ1v) is 12.1. The second kappa shape index (κ2) is 9.10. The number of esters is 1. The van der Waals surface area contributed by atoms with E-state index in [4.69, 9.17) is 4.74 Å². The summed E-state index contributed by atoms with van der Waals surface area (Å²) in [7, 11) is -3.90. The lowest BCUT2D eigenvalue weighted by Crippen LogP contribution is -2.42. The monoisotopic (exact) mass is 472 g/mol. The van der Waals surface area contributed by atoms with Gasteiger partial charge in [0.1, 0.15) is 0 Å². The smallest absolute Gasteiger partial charge is 0.323 e. The van der Waals surface area contributed by atoms with Crippen molar-refractivity contribution < 1.29 is 22.7 Å². The summed E-state index contributed by atoms with van der Waals surface area (Å²) in [6, 6.07) is 10.4. The Morgan fingerprint density at radius 1 is 1.12 bits per heavy atom. The van der Waals surface area contributed by atoms with Crippen LogP contribution in [0.5, 0.6) is 0 Å². The Morgan fingerprint density at radius 2 is 1.85 bits per heavy atom. The number of nitrogens with one attached hydrogen (secondary N) is 3. The third kappa shape index (κ3) is 4.92. The van der Waals surface area contributed by atoms with E-state index in [0.717, 1.165) is 0 Å². The summed E-state index contributed by atoms with van der Waals surface area (Å²) in [6.45, 7) is 2.90. The van der Waals surface area contributed by atoms with Crippen LogP contribution in [0, 0.1) is 5.92 Å². The Kier molecular flexibility index (Phi) is 6.23. The average Bonchev–Trinajstić information content (AvgIpc) is 3.18. The van der Waals surface area contributed by atoms with Gasteiger partial charge in [0.2, 0.25) is 0 Å². The van der Waals surface area contributed by atoms with Crippen LogP contribution in [-0.4, -0.2) is 54.9 Å². The Labute approximate surface area is 190 Å². The van der Waals surface area contributed by atoms with E-state index >= 15 is 0 Å². The number of H-pyrrole nitrogens is 2. The molecule has 10 nitrogen and oxygen atoms in total. The van der Waals surface area contributed by atoms with E-state index in [9.17, 15) is 22.8 Å². The number of aromatic nitrogens is 2.